The van der Waals surface area contributed by atoms with E-state index in [9.17, 15) is 9.59 Å². The highest BCUT2D eigenvalue weighted by Crippen LogP contribution is 2.12. The smallest absolute Gasteiger partial charge is 0.343 e. The van der Waals surface area contributed by atoms with Gasteiger partial charge in [0.2, 0.25) is 0 Å². The maximum absolute atomic E-state index is 12.4. The monoisotopic (exact) mass is 333 g/mol. The predicted molar refractivity (Wildman–Crippen MR) is 96.8 cm³/mol. The van der Waals surface area contributed by atoms with Gasteiger partial charge in [-0.25, -0.2) is 4.79 Å². The molecule has 0 aliphatic rings. The summed E-state index contributed by atoms with van der Waals surface area (Å²) in [5.74, 6) is -0.614. The van der Waals surface area contributed by atoms with Crippen molar-refractivity contribution in [2.45, 2.75) is 13.0 Å². The third-order valence-electron chi connectivity index (χ3n) is 4.02. The summed E-state index contributed by atoms with van der Waals surface area (Å²) in [5.41, 5.74) is 3.14. The largest absolute Gasteiger partial charge is 0.465 e. The molecule has 3 rings (SSSR count). The van der Waals surface area contributed by atoms with Gasteiger partial charge in [-0.15, -0.1) is 0 Å². The highest BCUT2D eigenvalue weighted by molar-refractivity contribution is 5.88. The quantitative estimate of drug-likeness (QED) is 0.673. The molecule has 0 atom stereocenters. The molecule has 0 fully saturated rings. The number of hydrogen-bond acceptors (Lipinski definition) is 3. The van der Waals surface area contributed by atoms with Gasteiger partial charge in [-0.2, -0.15) is 0 Å². The zero-order valence-electron chi connectivity index (χ0n) is 14.0. The molecule has 4 nitrogen and oxygen atoms in total. The Balaban J connectivity index is 1.83. The maximum Gasteiger partial charge on any atom is 0.343 e. The van der Waals surface area contributed by atoms with Gasteiger partial charge in [-0.1, -0.05) is 54.6 Å². The number of benzene rings is 2. The Kier molecular flexibility index (Phi) is 5.09. The highest BCUT2D eigenvalue weighted by atomic mass is 16.5. The first kappa shape index (κ1) is 16.7. The second-order valence-corrected chi connectivity index (χ2v) is 5.83. The van der Waals surface area contributed by atoms with E-state index in [0.717, 1.165) is 12.0 Å². The van der Waals surface area contributed by atoms with Crippen LogP contribution in [0.5, 0.6) is 0 Å². The first-order chi connectivity index (χ1) is 12.2. The van der Waals surface area contributed by atoms with E-state index in [2.05, 4.69) is 29.0 Å². The molecule has 0 radical (unpaired) electrons. The Morgan fingerprint density at radius 3 is 2.40 bits per heavy atom. The van der Waals surface area contributed by atoms with Gasteiger partial charge in [0, 0.05) is 6.20 Å². The average molecular weight is 333 g/mol. The minimum absolute atomic E-state index is 0.0467. The maximum atomic E-state index is 12.4. The predicted octanol–water partition coefficient (Wildman–Crippen LogP) is 3.27. The number of methoxy groups -OCH3 is 1. The van der Waals surface area contributed by atoms with E-state index in [1.165, 1.54) is 28.9 Å². The van der Waals surface area contributed by atoms with Gasteiger partial charge in [0.15, 0.2) is 0 Å². The third-order valence-corrected chi connectivity index (χ3v) is 4.02. The summed E-state index contributed by atoms with van der Waals surface area (Å²) in [6.07, 6.45) is 2.52. The number of pyridine rings is 1. The van der Waals surface area contributed by atoms with Gasteiger partial charge in [0.05, 0.1) is 13.7 Å². The van der Waals surface area contributed by atoms with Crippen LogP contribution in [0.25, 0.3) is 0 Å². The topological polar surface area (TPSA) is 48.3 Å². The summed E-state index contributed by atoms with van der Waals surface area (Å²) in [4.78, 5) is 24.1. The molecule has 3 aromatic rings. The number of carbonyl (C=O) groups is 1. The fourth-order valence-corrected chi connectivity index (χ4v) is 2.79. The van der Waals surface area contributed by atoms with E-state index < -0.39 is 5.97 Å². The molecule has 0 N–H and O–H groups in total. The molecule has 0 spiro atoms. The zero-order chi connectivity index (χ0) is 17.6. The molecule has 0 aliphatic heterocycles. The summed E-state index contributed by atoms with van der Waals surface area (Å²) in [7, 11) is 1.27. The van der Waals surface area contributed by atoms with Crippen molar-refractivity contribution in [2.24, 2.45) is 0 Å². The lowest BCUT2D eigenvalue weighted by molar-refractivity contribution is 0.0598. The molecule has 0 bridgehead atoms. The second-order valence-electron chi connectivity index (χ2n) is 5.83. The summed E-state index contributed by atoms with van der Waals surface area (Å²) in [5, 5.41) is 0. The Morgan fingerprint density at radius 1 is 0.920 bits per heavy atom. The number of aromatic nitrogens is 1. The minimum Gasteiger partial charge on any atom is -0.465 e. The molecular weight excluding hydrogens is 314 g/mol. The number of ether oxygens (including phenoxy) is 1. The fourth-order valence-electron chi connectivity index (χ4n) is 2.79. The molecule has 0 amide bonds. The van der Waals surface area contributed by atoms with Crippen molar-refractivity contribution in [1.29, 1.82) is 0 Å². The molecular formula is C21H19NO3. The van der Waals surface area contributed by atoms with E-state index in [0.29, 0.717) is 6.54 Å². The van der Waals surface area contributed by atoms with E-state index in [1.807, 2.05) is 30.3 Å². The van der Waals surface area contributed by atoms with Crippen LogP contribution in [0, 0.1) is 0 Å². The highest BCUT2D eigenvalue weighted by Gasteiger charge is 2.12. The molecule has 126 valence electrons. The number of carbonyl (C=O) groups excluding carboxylic acids is 1. The van der Waals surface area contributed by atoms with Crippen molar-refractivity contribution in [3.05, 3.63) is 106 Å². The van der Waals surface area contributed by atoms with E-state index >= 15 is 0 Å². The number of nitrogens with zero attached hydrogens (tertiary/aromatic N) is 1. The lowest BCUT2D eigenvalue weighted by Crippen LogP contribution is -2.26. The van der Waals surface area contributed by atoms with Crippen molar-refractivity contribution >= 4 is 5.97 Å². The fraction of sp³-hybridized carbons (Fsp3) is 0.143. The van der Waals surface area contributed by atoms with E-state index in [-0.39, 0.29) is 11.1 Å². The van der Waals surface area contributed by atoms with Crippen LogP contribution >= 0.6 is 0 Å². The number of rotatable bonds is 5. The van der Waals surface area contributed by atoms with Crippen LogP contribution < -0.4 is 5.56 Å². The molecule has 0 aliphatic carbocycles. The van der Waals surface area contributed by atoms with Crippen molar-refractivity contribution in [1.82, 2.24) is 4.57 Å². The summed E-state index contributed by atoms with van der Waals surface area (Å²) < 4.78 is 6.18. The molecule has 2 aromatic carbocycles. The normalized spacial score (nSPS) is 10.4. The van der Waals surface area contributed by atoms with Crippen LogP contribution in [0.4, 0.5) is 0 Å². The molecule has 25 heavy (non-hydrogen) atoms. The summed E-state index contributed by atoms with van der Waals surface area (Å²) in [6.45, 7) is 0.409. The van der Waals surface area contributed by atoms with Crippen LogP contribution in [0.1, 0.15) is 27.0 Å². The van der Waals surface area contributed by atoms with E-state index in [4.69, 9.17) is 0 Å². The number of hydrogen-bond donors (Lipinski definition) is 0. The van der Waals surface area contributed by atoms with Crippen molar-refractivity contribution in [3.8, 4) is 0 Å². The summed E-state index contributed by atoms with van der Waals surface area (Å²) in [6, 6.07) is 21.5. The average Bonchev–Trinajstić information content (AvgIpc) is 2.64. The molecule has 4 heteroatoms. The van der Waals surface area contributed by atoms with Gasteiger partial charge in [-0.3, -0.25) is 4.79 Å². The van der Waals surface area contributed by atoms with Gasteiger partial charge >= 0.3 is 5.97 Å². The first-order valence-corrected chi connectivity index (χ1v) is 8.07. The van der Waals surface area contributed by atoms with Gasteiger partial charge < -0.3 is 9.30 Å². The lowest BCUT2D eigenvalue weighted by Gasteiger charge is -2.09. The van der Waals surface area contributed by atoms with Gasteiger partial charge in [0.1, 0.15) is 5.56 Å². The van der Waals surface area contributed by atoms with E-state index in [1.54, 1.807) is 12.3 Å². The van der Waals surface area contributed by atoms with Crippen LogP contribution in [0.2, 0.25) is 0 Å². The second kappa shape index (κ2) is 7.62. The van der Waals surface area contributed by atoms with Gasteiger partial charge in [-0.05, 0) is 35.2 Å². The van der Waals surface area contributed by atoms with Crippen LogP contribution in [0.3, 0.4) is 0 Å². The minimum atomic E-state index is -0.614. The summed E-state index contributed by atoms with van der Waals surface area (Å²) >= 11 is 0. The van der Waals surface area contributed by atoms with Crippen molar-refractivity contribution in [3.63, 3.8) is 0 Å². The van der Waals surface area contributed by atoms with Crippen molar-refractivity contribution in [2.75, 3.05) is 7.11 Å². The molecule has 1 heterocycles. The lowest BCUT2D eigenvalue weighted by atomic mass is 10.0. The van der Waals surface area contributed by atoms with Crippen LogP contribution in [-0.2, 0) is 17.7 Å². The SMILES string of the molecule is COC(=O)c1cccn(Cc2cccc(Cc3ccccc3)c2)c1=O. The Labute approximate surface area is 146 Å². The Bertz CT molecular complexity index is 929. The van der Waals surface area contributed by atoms with Crippen LogP contribution in [-0.4, -0.2) is 17.6 Å². The Morgan fingerprint density at radius 2 is 1.64 bits per heavy atom. The molecule has 1 aromatic heterocycles. The van der Waals surface area contributed by atoms with Gasteiger partial charge in [0.25, 0.3) is 5.56 Å². The molecule has 0 saturated heterocycles. The third kappa shape index (κ3) is 4.04. The van der Waals surface area contributed by atoms with Crippen LogP contribution in [0.15, 0.2) is 77.7 Å². The Hall–Kier alpha value is -3.14. The molecule has 0 unspecified atom stereocenters. The molecule has 0 saturated carbocycles. The standard InChI is InChI=1S/C21H19NO3/c1-25-21(24)19-11-6-12-22(20(19)23)15-18-10-5-9-17(14-18)13-16-7-3-2-4-8-16/h2-12,14H,13,15H2,1H3. The zero-order valence-corrected chi connectivity index (χ0v) is 14.0. The number of esters is 1. The van der Waals surface area contributed by atoms with Crippen molar-refractivity contribution < 1.29 is 9.53 Å². The first-order valence-electron chi connectivity index (χ1n) is 8.07.